The lowest BCUT2D eigenvalue weighted by Crippen LogP contribution is -2.45. The van der Waals surface area contributed by atoms with E-state index in [9.17, 15) is 23.6 Å². The SMILES string of the molecule is CC1(C)CCC(CNC(=O)c2ccc(Nc3nc(N)c(C(=O)c4c(F)cccc4F)s3)cc2)N1O. The zero-order chi connectivity index (χ0) is 25.3. The van der Waals surface area contributed by atoms with Crippen LogP contribution in [-0.4, -0.2) is 45.1 Å². The van der Waals surface area contributed by atoms with Gasteiger partial charge in [-0.25, -0.2) is 13.8 Å². The minimum Gasteiger partial charge on any atom is -0.382 e. The van der Waals surface area contributed by atoms with Gasteiger partial charge < -0.3 is 21.6 Å². The molecular formula is C24H25F2N5O3S. The summed E-state index contributed by atoms with van der Waals surface area (Å²) >= 11 is 0.870. The van der Waals surface area contributed by atoms with E-state index >= 15 is 0 Å². The van der Waals surface area contributed by atoms with E-state index in [2.05, 4.69) is 15.6 Å². The molecule has 0 saturated carbocycles. The molecule has 35 heavy (non-hydrogen) atoms. The van der Waals surface area contributed by atoms with E-state index in [0.717, 1.165) is 36.3 Å². The quantitative estimate of drug-likeness (QED) is 0.356. The molecule has 184 valence electrons. The molecule has 1 aliphatic heterocycles. The Morgan fingerprint density at radius 3 is 2.46 bits per heavy atom. The number of nitrogen functional groups attached to an aromatic ring is 1. The number of carbonyl (C=O) groups excluding carboxylic acids is 2. The van der Waals surface area contributed by atoms with E-state index in [1.54, 1.807) is 24.3 Å². The third-order valence-corrected chi connectivity index (χ3v) is 6.99. The second-order valence-electron chi connectivity index (χ2n) is 8.92. The predicted octanol–water partition coefficient (Wildman–Crippen LogP) is 4.34. The van der Waals surface area contributed by atoms with Gasteiger partial charge in [-0.15, -0.1) is 0 Å². The Bertz CT molecular complexity index is 1240. The number of anilines is 3. The van der Waals surface area contributed by atoms with Gasteiger partial charge in [-0.3, -0.25) is 9.59 Å². The normalized spacial score (nSPS) is 17.3. The number of amides is 1. The molecule has 11 heteroatoms. The first-order chi connectivity index (χ1) is 16.6. The maximum Gasteiger partial charge on any atom is 0.251 e. The first kappa shape index (κ1) is 24.7. The fourth-order valence-corrected chi connectivity index (χ4v) is 4.81. The van der Waals surface area contributed by atoms with Crippen molar-refractivity contribution in [3.05, 3.63) is 70.1 Å². The zero-order valence-corrected chi connectivity index (χ0v) is 20.0. The third kappa shape index (κ3) is 5.16. The molecule has 3 aromatic rings. The highest BCUT2D eigenvalue weighted by molar-refractivity contribution is 7.18. The summed E-state index contributed by atoms with van der Waals surface area (Å²) in [6.07, 6.45) is 1.63. The van der Waals surface area contributed by atoms with E-state index in [4.69, 9.17) is 5.73 Å². The van der Waals surface area contributed by atoms with E-state index in [-0.39, 0.29) is 33.3 Å². The summed E-state index contributed by atoms with van der Waals surface area (Å²) in [7, 11) is 0. The number of nitrogens with zero attached hydrogens (tertiary/aromatic N) is 2. The fourth-order valence-electron chi connectivity index (χ4n) is 3.96. The van der Waals surface area contributed by atoms with E-state index < -0.39 is 23.0 Å². The van der Waals surface area contributed by atoms with Crippen molar-refractivity contribution >= 4 is 39.7 Å². The molecule has 4 rings (SSSR count). The summed E-state index contributed by atoms with van der Waals surface area (Å²) in [5, 5.41) is 17.6. The van der Waals surface area contributed by atoms with Crippen LogP contribution in [0.5, 0.6) is 0 Å². The lowest BCUT2D eigenvalue weighted by Gasteiger charge is -2.29. The standard InChI is InChI=1S/C24H25F2N5O3S/c1-24(2)11-10-15(31(24)34)12-28-22(33)13-6-8-14(9-7-13)29-23-30-21(27)20(35-23)19(32)18-16(25)4-3-5-17(18)26/h3-9,15,34H,10-12,27H2,1-2H3,(H,28,33)(H,29,30). The van der Waals surface area contributed by atoms with Gasteiger partial charge in [0.15, 0.2) is 5.13 Å². The lowest BCUT2D eigenvalue weighted by atomic mass is 10.0. The maximum atomic E-state index is 14.0. The van der Waals surface area contributed by atoms with Gasteiger partial charge in [0.25, 0.3) is 5.91 Å². The summed E-state index contributed by atoms with van der Waals surface area (Å²) in [5.41, 5.74) is 5.84. The van der Waals surface area contributed by atoms with Crippen LogP contribution >= 0.6 is 11.3 Å². The van der Waals surface area contributed by atoms with Crippen molar-refractivity contribution in [3.63, 3.8) is 0 Å². The van der Waals surface area contributed by atoms with Crippen LogP contribution < -0.4 is 16.4 Å². The molecule has 1 atom stereocenters. The van der Waals surface area contributed by atoms with Gasteiger partial charge in [0.05, 0.1) is 11.6 Å². The van der Waals surface area contributed by atoms with E-state index in [1.165, 1.54) is 11.1 Å². The number of nitrogens with one attached hydrogen (secondary N) is 2. The predicted molar refractivity (Wildman–Crippen MR) is 129 cm³/mol. The van der Waals surface area contributed by atoms with E-state index in [0.29, 0.717) is 17.8 Å². The van der Waals surface area contributed by atoms with Crippen LogP contribution in [0.25, 0.3) is 0 Å². The number of rotatable bonds is 7. The molecule has 0 radical (unpaired) electrons. The van der Waals surface area contributed by atoms with Gasteiger partial charge in [0, 0.05) is 23.3 Å². The molecule has 1 unspecified atom stereocenters. The highest BCUT2D eigenvalue weighted by Gasteiger charge is 2.38. The Labute approximate surface area is 204 Å². The molecule has 1 amide bonds. The van der Waals surface area contributed by atoms with Gasteiger partial charge in [0.2, 0.25) is 5.78 Å². The van der Waals surface area contributed by atoms with Gasteiger partial charge >= 0.3 is 0 Å². The Kier molecular flexibility index (Phi) is 6.84. The molecule has 5 N–H and O–H groups in total. The molecule has 1 aromatic heterocycles. The highest BCUT2D eigenvalue weighted by atomic mass is 32.1. The number of hydroxylamine groups is 2. The molecule has 0 spiro atoms. The zero-order valence-electron chi connectivity index (χ0n) is 19.1. The third-order valence-electron chi connectivity index (χ3n) is 6.00. The molecule has 1 fully saturated rings. The summed E-state index contributed by atoms with van der Waals surface area (Å²) in [6, 6.07) is 9.57. The largest absolute Gasteiger partial charge is 0.382 e. The first-order valence-electron chi connectivity index (χ1n) is 11.0. The number of aromatic nitrogens is 1. The summed E-state index contributed by atoms with van der Waals surface area (Å²) < 4.78 is 28.0. The van der Waals surface area contributed by atoms with E-state index in [1.807, 2.05) is 13.8 Å². The average molecular weight is 502 g/mol. The fraction of sp³-hybridized carbons (Fsp3) is 0.292. The molecule has 0 bridgehead atoms. The Morgan fingerprint density at radius 1 is 1.20 bits per heavy atom. The summed E-state index contributed by atoms with van der Waals surface area (Å²) in [4.78, 5) is 29.1. The Morgan fingerprint density at radius 2 is 1.86 bits per heavy atom. The first-order valence-corrected chi connectivity index (χ1v) is 11.8. The van der Waals surface area contributed by atoms with Crippen LogP contribution in [0.4, 0.5) is 25.4 Å². The lowest BCUT2D eigenvalue weighted by molar-refractivity contribution is -0.162. The minimum atomic E-state index is -0.977. The molecular weight excluding hydrogens is 476 g/mol. The second-order valence-corrected chi connectivity index (χ2v) is 9.92. The highest BCUT2D eigenvalue weighted by Crippen LogP contribution is 2.32. The van der Waals surface area contributed by atoms with Crippen LogP contribution in [0.1, 0.15) is 52.3 Å². The Balaban J connectivity index is 1.39. The smallest absolute Gasteiger partial charge is 0.251 e. The van der Waals surface area contributed by atoms with Gasteiger partial charge in [0.1, 0.15) is 22.3 Å². The van der Waals surface area contributed by atoms with Crippen LogP contribution in [0.2, 0.25) is 0 Å². The summed E-state index contributed by atoms with van der Waals surface area (Å²) in [6.45, 7) is 4.23. The molecule has 1 saturated heterocycles. The number of hydrogen-bond donors (Lipinski definition) is 4. The molecule has 1 aliphatic rings. The van der Waals surface area contributed by atoms with Gasteiger partial charge in [-0.05, 0) is 63.1 Å². The van der Waals surface area contributed by atoms with Crippen LogP contribution in [0.3, 0.4) is 0 Å². The molecule has 2 heterocycles. The van der Waals surface area contributed by atoms with Gasteiger partial charge in [-0.1, -0.05) is 17.4 Å². The van der Waals surface area contributed by atoms with Crippen LogP contribution in [-0.2, 0) is 0 Å². The minimum absolute atomic E-state index is 0.0829. The number of hydrogen-bond acceptors (Lipinski definition) is 8. The van der Waals surface area contributed by atoms with Crippen molar-refractivity contribution in [2.45, 2.75) is 38.3 Å². The maximum absolute atomic E-state index is 14.0. The van der Waals surface area contributed by atoms with Crippen molar-refractivity contribution < 1.29 is 23.6 Å². The van der Waals surface area contributed by atoms with Crippen molar-refractivity contribution in [1.82, 2.24) is 15.4 Å². The Hall–Kier alpha value is -3.41. The number of halogens is 2. The van der Waals surface area contributed by atoms with Crippen molar-refractivity contribution in [2.75, 3.05) is 17.6 Å². The number of thiazole rings is 1. The average Bonchev–Trinajstić information content (AvgIpc) is 3.30. The van der Waals surface area contributed by atoms with Crippen molar-refractivity contribution in [1.29, 1.82) is 0 Å². The monoisotopic (exact) mass is 501 g/mol. The van der Waals surface area contributed by atoms with Gasteiger partial charge in [-0.2, -0.15) is 5.06 Å². The summed E-state index contributed by atoms with van der Waals surface area (Å²) in [5.74, 6) is -3.26. The second kappa shape index (κ2) is 9.68. The van der Waals surface area contributed by atoms with Crippen molar-refractivity contribution in [2.24, 2.45) is 0 Å². The topological polar surface area (TPSA) is 121 Å². The number of carbonyl (C=O) groups is 2. The molecule has 8 nitrogen and oxygen atoms in total. The number of nitrogens with two attached hydrogens (primary N) is 1. The molecule has 2 aromatic carbocycles. The number of benzene rings is 2. The molecule has 0 aliphatic carbocycles. The van der Waals surface area contributed by atoms with Crippen molar-refractivity contribution in [3.8, 4) is 0 Å². The number of ketones is 1. The van der Waals surface area contributed by atoms with Crippen LogP contribution in [0.15, 0.2) is 42.5 Å². The van der Waals surface area contributed by atoms with Crippen LogP contribution in [0, 0.1) is 11.6 Å².